The normalized spacial score (nSPS) is 10.3. The van der Waals surface area contributed by atoms with Crippen molar-refractivity contribution in [3.05, 3.63) is 6.33 Å². The van der Waals surface area contributed by atoms with Crippen molar-refractivity contribution in [3.8, 4) is 6.07 Å². The first-order valence-electron chi connectivity index (χ1n) is 5.41. The molecule has 0 unspecified atom stereocenters. The van der Waals surface area contributed by atoms with Gasteiger partial charge in [-0.1, -0.05) is 0 Å². The van der Waals surface area contributed by atoms with Crippen LogP contribution in [-0.2, 0) is 14.3 Å². The van der Waals surface area contributed by atoms with Crippen molar-refractivity contribution in [2.45, 2.75) is 6.92 Å². The van der Waals surface area contributed by atoms with E-state index in [2.05, 4.69) is 35.3 Å². The quantitative estimate of drug-likeness (QED) is 0.403. The number of hydrogen-bond acceptors (Lipinski definition) is 8. The van der Waals surface area contributed by atoms with Crippen LogP contribution in [0.4, 0.5) is 16.4 Å². The van der Waals surface area contributed by atoms with Gasteiger partial charge >= 0.3 is 12.1 Å². The van der Waals surface area contributed by atoms with Crippen LogP contribution in [0.3, 0.4) is 0 Å². The van der Waals surface area contributed by atoms with Crippen molar-refractivity contribution in [2.24, 2.45) is 5.10 Å². The Morgan fingerprint density at radius 3 is 2.95 bits per heavy atom. The van der Waals surface area contributed by atoms with Gasteiger partial charge in [0.2, 0.25) is 5.71 Å². The monoisotopic (exact) mass is 280 g/mol. The predicted molar refractivity (Wildman–Crippen MR) is 67.9 cm³/mol. The van der Waals surface area contributed by atoms with Gasteiger partial charge in [-0.05, 0) is 6.92 Å². The summed E-state index contributed by atoms with van der Waals surface area (Å²) in [4.78, 5) is 28.8. The number of nitrogens with one attached hydrogen (secondary N) is 3. The average Bonchev–Trinajstić information content (AvgIpc) is 2.87. The van der Waals surface area contributed by atoms with E-state index in [-0.39, 0.29) is 18.2 Å². The zero-order valence-electron chi connectivity index (χ0n) is 10.8. The summed E-state index contributed by atoms with van der Waals surface area (Å²) < 4.78 is 9.03. The predicted octanol–water partition coefficient (Wildman–Crippen LogP) is 0.443. The molecule has 0 bridgehead atoms. The number of aromatic amines is 1. The molecule has 0 spiro atoms. The summed E-state index contributed by atoms with van der Waals surface area (Å²) in [6, 6.07) is 1.59. The Bertz CT molecular complexity index is 558. The van der Waals surface area contributed by atoms with Crippen LogP contribution in [0.25, 0.3) is 0 Å². The van der Waals surface area contributed by atoms with Crippen molar-refractivity contribution < 1.29 is 19.1 Å². The Morgan fingerprint density at radius 1 is 1.60 bits per heavy atom. The molecule has 0 atom stereocenters. The van der Waals surface area contributed by atoms with Gasteiger partial charge in [0.05, 0.1) is 20.0 Å². The largest absolute Gasteiger partial charge is 0.461 e. The molecule has 0 aromatic carbocycles. The highest BCUT2D eigenvalue weighted by Gasteiger charge is 2.13. The molecular formula is C10H12N6O4. The van der Waals surface area contributed by atoms with Crippen LogP contribution in [0.15, 0.2) is 11.4 Å². The Hall–Kier alpha value is -3.09. The summed E-state index contributed by atoms with van der Waals surface area (Å²) in [6.07, 6.45) is 0.550. The first-order chi connectivity index (χ1) is 9.62. The van der Waals surface area contributed by atoms with E-state index in [0.29, 0.717) is 0 Å². The van der Waals surface area contributed by atoms with E-state index in [1.807, 2.05) is 0 Å². The van der Waals surface area contributed by atoms with E-state index in [1.165, 1.54) is 13.4 Å². The highest BCUT2D eigenvalue weighted by molar-refractivity contribution is 6.43. The molecule has 1 aromatic heterocycles. The van der Waals surface area contributed by atoms with Crippen molar-refractivity contribution in [1.29, 1.82) is 5.26 Å². The minimum atomic E-state index is -0.857. The topological polar surface area (TPSA) is 141 Å². The summed E-state index contributed by atoms with van der Waals surface area (Å²) in [5.41, 5.74) is 1.92. The Balaban J connectivity index is 2.78. The van der Waals surface area contributed by atoms with Crippen molar-refractivity contribution >= 4 is 29.4 Å². The minimum Gasteiger partial charge on any atom is -0.461 e. The van der Waals surface area contributed by atoms with Gasteiger partial charge in [0.25, 0.3) is 0 Å². The third kappa shape index (κ3) is 3.98. The SMILES string of the molecule is CCOC(=O)C(C#N)=NNc1[nH]cnc1NC(=O)OC. The number of H-pyrrole nitrogens is 1. The fourth-order valence-corrected chi connectivity index (χ4v) is 1.05. The molecule has 20 heavy (non-hydrogen) atoms. The maximum Gasteiger partial charge on any atom is 0.412 e. The lowest BCUT2D eigenvalue weighted by Crippen LogP contribution is -2.17. The minimum absolute atomic E-state index is 0.0988. The maximum absolute atomic E-state index is 11.3. The number of methoxy groups -OCH3 is 1. The van der Waals surface area contributed by atoms with Crippen LogP contribution in [0.2, 0.25) is 0 Å². The number of nitrogens with zero attached hydrogens (tertiary/aromatic N) is 3. The summed E-state index contributed by atoms with van der Waals surface area (Å²) in [6.45, 7) is 1.73. The van der Waals surface area contributed by atoms with Crippen LogP contribution in [0.5, 0.6) is 0 Å². The third-order valence-electron chi connectivity index (χ3n) is 1.90. The summed E-state index contributed by atoms with van der Waals surface area (Å²) >= 11 is 0. The third-order valence-corrected chi connectivity index (χ3v) is 1.90. The first-order valence-corrected chi connectivity index (χ1v) is 5.41. The van der Waals surface area contributed by atoms with E-state index >= 15 is 0 Å². The molecule has 0 saturated carbocycles. The molecule has 0 saturated heterocycles. The zero-order chi connectivity index (χ0) is 15.0. The van der Waals surface area contributed by atoms with Crippen molar-refractivity contribution in [2.75, 3.05) is 24.5 Å². The van der Waals surface area contributed by atoms with Crippen LogP contribution in [0.1, 0.15) is 6.92 Å². The Labute approximate surface area is 113 Å². The number of ether oxygens (including phenoxy) is 2. The van der Waals surface area contributed by atoms with Crippen molar-refractivity contribution in [3.63, 3.8) is 0 Å². The Morgan fingerprint density at radius 2 is 2.35 bits per heavy atom. The second kappa shape index (κ2) is 7.37. The van der Waals surface area contributed by atoms with Gasteiger partial charge < -0.3 is 14.5 Å². The van der Waals surface area contributed by atoms with Crippen LogP contribution < -0.4 is 10.7 Å². The summed E-state index contributed by atoms with van der Waals surface area (Å²) in [5.74, 6) is -0.585. The number of hydrazone groups is 1. The highest BCUT2D eigenvalue weighted by Crippen LogP contribution is 2.15. The molecule has 10 nitrogen and oxygen atoms in total. The zero-order valence-corrected chi connectivity index (χ0v) is 10.8. The second-order valence-corrected chi connectivity index (χ2v) is 3.15. The highest BCUT2D eigenvalue weighted by atomic mass is 16.5. The van der Waals surface area contributed by atoms with Gasteiger partial charge in [-0.15, -0.1) is 0 Å². The fraction of sp³-hybridized carbons (Fsp3) is 0.300. The molecule has 1 amide bonds. The van der Waals surface area contributed by atoms with E-state index < -0.39 is 17.8 Å². The molecular weight excluding hydrogens is 268 g/mol. The molecule has 0 aliphatic heterocycles. The van der Waals surface area contributed by atoms with Crippen LogP contribution in [-0.4, -0.2) is 41.5 Å². The lowest BCUT2D eigenvalue weighted by Gasteiger charge is -2.03. The van der Waals surface area contributed by atoms with E-state index in [9.17, 15) is 9.59 Å². The fourth-order valence-electron chi connectivity index (χ4n) is 1.05. The van der Waals surface area contributed by atoms with E-state index in [4.69, 9.17) is 5.26 Å². The first kappa shape index (κ1) is 15.0. The number of rotatable bonds is 5. The van der Waals surface area contributed by atoms with Gasteiger partial charge in [-0.25, -0.2) is 14.6 Å². The average molecular weight is 280 g/mol. The van der Waals surface area contributed by atoms with Gasteiger partial charge in [0.15, 0.2) is 11.6 Å². The van der Waals surface area contributed by atoms with Crippen molar-refractivity contribution in [1.82, 2.24) is 9.97 Å². The lowest BCUT2D eigenvalue weighted by atomic mass is 10.4. The number of amides is 1. The number of nitriles is 1. The van der Waals surface area contributed by atoms with Gasteiger partial charge in [0.1, 0.15) is 6.07 Å². The number of carbonyl (C=O) groups is 2. The van der Waals surface area contributed by atoms with Gasteiger partial charge in [-0.2, -0.15) is 10.4 Å². The number of carbonyl (C=O) groups excluding carboxylic acids is 2. The van der Waals surface area contributed by atoms with E-state index in [1.54, 1.807) is 13.0 Å². The molecule has 1 heterocycles. The molecule has 1 aromatic rings. The van der Waals surface area contributed by atoms with E-state index in [0.717, 1.165) is 0 Å². The molecule has 0 aliphatic rings. The van der Waals surface area contributed by atoms with Gasteiger partial charge in [0, 0.05) is 0 Å². The lowest BCUT2D eigenvalue weighted by molar-refractivity contribution is -0.134. The molecule has 1 rings (SSSR count). The number of esters is 1. The smallest absolute Gasteiger partial charge is 0.412 e. The van der Waals surface area contributed by atoms with Crippen LogP contribution in [0, 0.1) is 11.3 Å². The second-order valence-electron chi connectivity index (χ2n) is 3.15. The molecule has 106 valence electrons. The van der Waals surface area contributed by atoms with Gasteiger partial charge in [-0.3, -0.25) is 10.7 Å². The molecule has 3 N–H and O–H groups in total. The number of aromatic nitrogens is 2. The number of imidazole rings is 1. The maximum atomic E-state index is 11.3. The number of hydrogen-bond donors (Lipinski definition) is 3. The Kier molecular flexibility index (Phi) is 5.51. The summed E-state index contributed by atoms with van der Waals surface area (Å²) in [5, 5.41) is 14.6. The summed E-state index contributed by atoms with van der Waals surface area (Å²) in [7, 11) is 1.20. The molecule has 0 radical (unpaired) electrons. The molecule has 0 aliphatic carbocycles. The van der Waals surface area contributed by atoms with Crippen LogP contribution >= 0.6 is 0 Å². The number of anilines is 2. The molecule has 10 heteroatoms. The molecule has 0 fully saturated rings. The standard InChI is InChI=1S/C10H12N6O4/c1-3-20-9(17)6(4-11)15-16-8-7(12-5-13-8)14-10(18)19-2/h5,16H,3H2,1-2H3,(H,12,13)(H,14,18).